The smallest absolute Gasteiger partial charge is 0.329 e. The van der Waals surface area contributed by atoms with Crippen LogP contribution in [-0.4, -0.2) is 76.7 Å². The van der Waals surface area contributed by atoms with E-state index in [4.69, 9.17) is 10.5 Å². The van der Waals surface area contributed by atoms with Crippen molar-refractivity contribution in [2.45, 2.75) is 136 Å². The van der Waals surface area contributed by atoms with E-state index in [1.54, 1.807) is 20.8 Å². The summed E-state index contributed by atoms with van der Waals surface area (Å²) >= 11 is 0. The highest BCUT2D eigenvalue weighted by Gasteiger charge is 2.45. The van der Waals surface area contributed by atoms with Gasteiger partial charge >= 0.3 is 12.0 Å². The predicted molar refractivity (Wildman–Crippen MR) is 164 cm³/mol. The fourth-order valence-electron chi connectivity index (χ4n) is 6.42. The van der Waals surface area contributed by atoms with Crippen LogP contribution in [0.15, 0.2) is 0 Å². The lowest BCUT2D eigenvalue weighted by molar-refractivity contribution is -0.158. The highest BCUT2D eigenvalue weighted by Crippen LogP contribution is 2.32. The van der Waals surface area contributed by atoms with Crippen molar-refractivity contribution in [2.24, 2.45) is 28.9 Å². The summed E-state index contributed by atoms with van der Waals surface area (Å²) in [5, 5.41) is 8.31. The molecule has 3 aliphatic rings. The number of rotatable bonds is 11. The molecule has 0 aromatic heterocycles. The minimum Gasteiger partial charge on any atom is -0.458 e. The Morgan fingerprint density at radius 1 is 0.886 bits per heavy atom. The van der Waals surface area contributed by atoms with Crippen LogP contribution < -0.4 is 21.7 Å². The van der Waals surface area contributed by atoms with Crippen LogP contribution in [0.2, 0.25) is 0 Å². The number of primary amides is 1. The Morgan fingerprint density at radius 2 is 1.50 bits per heavy atom. The monoisotopic (exact) mass is 619 g/mol. The Labute approximate surface area is 261 Å². The number of carbonyl (C=O) groups excluding carboxylic acids is 6. The number of ketones is 1. The molecule has 12 heteroatoms. The molecule has 1 aliphatic heterocycles. The maximum absolute atomic E-state index is 14.1. The first kappa shape index (κ1) is 35.3. The van der Waals surface area contributed by atoms with Crippen molar-refractivity contribution in [1.29, 1.82) is 0 Å². The van der Waals surface area contributed by atoms with Gasteiger partial charge in [-0.3, -0.25) is 19.2 Å². The predicted octanol–water partition coefficient (Wildman–Crippen LogP) is 2.57. The zero-order valence-electron chi connectivity index (χ0n) is 27.5. The number of nitrogens with zero attached hydrogens (tertiary/aromatic N) is 1. The van der Waals surface area contributed by atoms with Crippen molar-refractivity contribution in [3.05, 3.63) is 0 Å². The molecule has 12 nitrogen and oxygen atoms in total. The van der Waals surface area contributed by atoms with Gasteiger partial charge in [0.25, 0.3) is 5.91 Å². The molecule has 0 bridgehead atoms. The van der Waals surface area contributed by atoms with E-state index in [1.165, 1.54) is 4.90 Å². The topological polar surface area (TPSA) is 177 Å². The first-order valence-electron chi connectivity index (χ1n) is 16.1. The van der Waals surface area contributed by atoms with Crippen molar-refractivity contribution >= 4 is 35.5 Å². The molecule has 5 atom stereocenters. The van der Waals surface area contributed by atoms with E-state index in [2.05, 4.69) is 16.0 Å². The van der Waals surface area contributed by atoms with Gasteiger partial charge in [-0.1, -0.05) is 59.8 Å². The van der Waals surface area contributed by atoms with E-state index in [1.807, 2.05) is 27.7 Å². The zero-order valence-corrected chi connectivity index (χ0v) is 27.5. The lowest BCUT2D eigenvalue weighted by Crippen LogP contribution is -2.61. The van der Waals surface area contributed by atoms with Crippen molar-refractivity contribution < 1.29 is 33.5 Å². The fourth-order valence-corrected chi connectivity index (χ4v) is 6.42. The molecule has 1 heterocycles. The second kappa shape index (κ2) is 14.3. The third kappa shape index (κ3) is 9.41. The van der Waals surface area contributed by atoms with Gasteiger partial charge in [0.05, 0.1) is 6.04 Å². The van der Waals surface area contributed by atoms with Crippen molar-refractivity contribution in [1.82, 2.24) is 20.9 Å². The molecule has 2 saturated carbocycles. The number of amides is 5. The Bertz CT molecular complexity index is 1100. The molecule has 2 unspecified atom stereocenters. The van der Waals surface area contributed by atoms with Gasteiger partial charge in [-0.2, -0.15) is 0 Å². The number of Topliss-reactive ketones (excluding diaryl/α,β-unsaturated/α-hetero) is 1. The van der Waals surface area contributed by atoms with Crippen LogP contribution in [0.1, 0.15) is 106 Å². The van der Waals surface area contributed by atoms with Crippen LogP contribution in [0.25, 0.3) is 0 Å². The number of esters is 1. The number of nitrogens with one attached hydrogen (secondary N) is 3. The molecule has 0 radical (unpaired) electrons. The lowest BCUT2D eigenvalue weighted by atomic mass is 9.80. The molecule has 5 amide bonds. The van der Waals surface area contributed by atoms with Gasteiger partial charge in [0.2, 0.25) is 17.6 Å². The Morgan fingerprint density at radius 3 is 2.00 bits per heavy atom. The number of hydrogen-bond acceptors (Lipinski definition) is 7. The van der Waals surface area contributed by atoms with Crippen LogP contribution in [0.3, 0.4) is 0 Å². The first-order valence-corrected chi connectivity index (χ1v) is 16.1. The van der Waals surface area contributed by atoms with E-state index >= 15 is 0 Å². The van der Waals surface area contributed by atoms with Crippen molar-refractivity contribution in [3.63, 3.8) is 0 Å². The van der Waals surface area contributed by atoms with E-state index < -0.39 is 70.7 Å². The van der Waals surface area contributed by atoms with Gasteiger partial charge in [-0.25, -0.2) is 9.59 Å². The molecular formula is C32H53N5O7. The summed E-state index contributed by atoms with van der Waals surface area (Å²) in [5.41, 5.74) is 3.81. The van der Waals surface area contributed by atoms with Crippen LogP contribution in [0, 0.1) is 23.2 Å². The van der Waals surface area contributed by atoms with E-state index in [0.717, 1.165) is 44.9 Å². The molecule has 2 aliphatic carbocycles. The zero-order chi connectivity index (χ0) is 33.0. The average molecular weight is 620 g/mol. The maximum Gasteiger partial charge on any atom is 0.329 e. The number of carbonyl (C=O) groups is 6. The van der Waals surface area contributed by atoms with Gasteiger partial charge in [0, 0.05) is 6.54 Å². The van der Waals surface area contributed by atoms with Crippen molar-refractivity contribution in [2.75, 3.05) is 6.54 Å². The third-order valence-electron chi connectivity index (χ3n) is 8.97. The van der Waals surface area contributed by atoms with Crippen LogP contribution >= 0.6 is 0 Å². The summed E-state index contributed by atoms with van der Waals surface area (Å²) in [6.07, 6.45) is 7.05. The molecular weight excluding hydrogens is 566 g/mol. The minimum atomic E-state index is -1.10. The summed E-state index contributed by atoms with van der Waals surface area (Å²) in [6.45, 7) is 13.0. The molecule has 0 aromatic rings. The first-order chi connectivity index (χ1) is 20.4. The Balaban J connectivity index is 1.76. The third-order valence-corrected chi connectivity index (χ3v) is 8.97. The largest absolute Gasteiger partial charge is 0.458 e. The molecule has 1 saturated heterocycles. The van der Waals surface area contributed by atoms with E-state index in [9.17, 15) is 28.8 Å². The molecule has 3 rings (SSSR count). The molecule has 44 heavy (non-hydrogen) atoms. The maximum atomic E-state index is 14.1. The second-order valence-corrected chi connectivity index (χ2v) is 15.1. The van der Waals surface area contributed by atoms with Gasteiger partial charge in [-0.15, -0.1) is 0 Å². The van der Waals surface area contributed by atoms with Gasteiger partial charge in [-0.05, 0) is 69.6 Å². The van der Waals surface area contributed by atoms with Crippen LogP contribution in [-0.2, 0) is 28.7 Å². The summed E-state index contributed by atoms with van der Waals surface area (Å²) in [7, 11) is 0. The Hall–Kier alpha value is -3.18. The SMILES string of the molecule is C[C@@H]1C[C@@H](C(=O)NC(CC2CCC2)C(=O)C(N)=O)N(C(=O)[C@@H](NC(=O)NC(C(=O)OC(C)(C)C)C2CCCC2)C(C)(C)C)C1. The number of hydrogen-bond donors (Lipinski definition) is 4. The summed E-state index contributed by atoms with van der Waals surface area (Å²) in [6, 6.07) is -4.47. The van der Waals surface area contributed by atoms with E-state index in [-0.39, 0.29) is 24.3 Å². The molecule has 3 fully saturated rings. The molecule has 0 spiro atoms. The fraction of sp³-hybridized carbons (Fsp3) is 0.812. The van der Waals surface area contributed by atoms with Gasteiger partial charge < -0.3 is 31.3 Å². The standard InChI is InChI=1S/C32H53N5O7/c1-18-15-22(27(40)34-21(24(38)26(33)39)16-19-11-10-12-19)37(17-18)28(41)25(31(2,3)4)36-30(43)35-23(20-13-8-9-14-20)29(42)44-32(5,6)7/h18-23,25H,8-17H2,1-7H3,(H2,33,39)(H,34,40)(H2,35,36,43)/t18-,21?,22+,23?,25-/m1/s1. The summed E-state index contributed by atoms with van der Waals surface area (Å²) < 4.78 is 5.61. The summed E-state index contributed by atoms with van der Waals surface area (Å²) in [5.74, 6) is -3.28. The molecule has 5 N–H and O–H groups in total. The number of ether oxygens (including phenoxy) is 1. The summed E-state index contributed by atoms with van der Waals surface area (Å²) in [4.78, 5) is 79.8. The average Bonchev–Trinajstić information content (AvgIpc) is 3.54. The Kier molecular flexibility index (Phi) is 11.5. The van der Waals surface area contributed by atoms with E-state index in [0.29, 0.717) is 12.8 Å². The molecule has 248 valence electrons. The quantitative estimate of drug-likeness (QED) is 0.203. The van der Waals surface area contributed by atoms with Crippen LogP contribution in [0.5, 0.6) is 0 Å². The van der Waals surface area contributed by atoms with Crippen LogP contribution in [0.4, 0.5) is 4.79 Å². The second-order valence-electron chi connectivity index (χ2n) is 15.1. The van der Waals surface area contributed by atoms with Gasteiger partial charge in [0.15, 0.2) is 0 Å². The number of urea groups is 1. The van der Waals surface area contributed by atoms with Crippen molar-refractivity contribution in [3.8, 4) is 0 Å². The minimum absolute atomic E-state index is 0.0139. The highest BCUT2D eigenvalue weighted by molar-refractivity contribution is 6.37. The van der Waals surface area contributed by atoms with Gasteiger partial charge in [0.1, 0.15) is 23.7 Å². The highest BCUT2D eigenvalue weighted by atomic mass is 16.6. The normalized spacial score (nSPS) is 23.2. The number of nitrogens with two attached hydrogens (primary N) is 1. The lowest BCUT2D eigenvalue weighted by Gasteiger charge is -2.36. The number of likely N-dealkylation sites (tertiary alicyclic amines) is 1. The molecule has 0 aromatic carbocycles.